The van der Waals surface area contributed by atoms with E-state index in [1.165, 1.54) is 22.7 Å². The van der Waals surface area contributed by atoms with Crippen molar-refractivity contribution in [2.45, 2.75) is 19.9 Å². The minimum absolute atomic E-state index is 0.808. The fraction of sp³-hybridized carbons (Fsp3) is 0.333. The maximum Gasteiger partial charge on any atom is 0.0893 e. The van der Waals surface area contributed by atoms with E-state index < -0.39 is 0 Å². The molecule has 1 heterocycles. The smallest absolute Gasteiger partial charge is 0.0893 e. The van der Waals surface area contributed by atoms with Crippen molar-refractivity contribution in [3.63, 3.8) is 0 Å². The Morgan fingerprint density at radius 2 is 2.31 bits per heavy atom. The first kappa shape index (κ1) is 11.2. The molecule has 0 fully saturated rings. The van der Waals surface area contributed by atoms with Gasteiger partial charge in [-0.25, -0.2) is 0 Å². The maximum atomic E-state index is 3.98. The maximum absolute atomic E-state index is 3.98. The second-order valence-corrected chi connectivity index (χ2v) is 4.42. The molecule has 0 aliphatic heterocycles. The fourth-order valence-electron chi connectivity index (χ4n) is 1.58. The summed E-state index contributed by atoms with van der Waals surface area (Å²) in [5.74, 6) is 0. The minimum Gasteiger partial charge on any atom is -0.311 e. The summed E-state index contributed by atoms with van der Waals surface area (Å²) < 4.78 is 3.82. The number of hydrogen-bond acceptors (Lipinski definition) is 4. The van der Waals surface area contributed by atoms with E-state index in [0.29, 0.717) is 0 Å². The van der Waals surface area contributed by atoms with E-state index in [2.05, 4.69) is 46.1 Å². The third kappa shape index (κ3) is 3.40. The number of aryl methyl sites for hydroxylation is 1. The number of aromatic nitrogens is 2. The van der Waals surface area contributed by atoms with Gasteiger partial charge >= 0.3 is 0 Å². The summed E-state index contributed by atoms with van der Waals surface area (Å²) in [6.07, 6.45) is 1.05. The number of hydrogen-bond donors (Lipinski definition) is 1. The SMILES string of the molecule is Cc1cccc(CCNCc2csnn2)c1. The van der Waals surface area contributed by atoms with Gasteiger partial charge in [0.05, 0.1) is 5.69 Å². The molecule has 84 valence electrons. The van der Waals surface area contributed by atoms with Gasteiger partial charge in [-0.2, -0.15) is 0 Å². The fourth-order valence-corrected chi connectivity index (χ4v) is 2.03. The molecule has 0 radical (unpaired) electrons. The molecule has 0 bridgehead atoms. The van der Waals surface area contributed by atoms with Crippen LogP contribution in [-0.4, -0.2) is 16.1 Å². The molecule has 0 saturated carbocycles. The largest absolute Gasteiger partial charge is 0.311 e. The number of rotatable bonds is 5. The van der Waals surface area contributed by atoms with Crippen molar-refractivity contribution in [3.05, 3.63) is 46.5 Å². The molecule has 2 rings (SSSR count). The van der Waals surface area contributed by atoms with Gasteiger partial charge in [-0.1, -0.05) is 34.3 Å². The average Bonchev–Trinajstić information content (AvgIpc) is 2.77. The van der Waals surface area contributed by atoms with Gasteiger partial charge in [-0.05, 0) is 37.0 Å². The lowest BCUT2D eigenvalue weighted by molar-refractivity contribution is 0.673. The van der Waals surface area contributed by atoms with Crippen molar-refractivity contribution in [1.29, 1.82) is 0 Å². The standard InChI is InChI=1S/C12H15N3S/c1-10-3-2-4-11(7-10)5-6-13-8-12-9-16-15-14-12/h2-4,7,9,13H,5-6,8H2,1H3. The number of nitrogens with one attached hydrogen (secondary N) is 1. The van der Waals surface area contributed by atoms with Crippen LogP contribution in [0.25, 0.3) is 0 Å². The van der Waals surface area contributed by atoms with Gasteiger partial charge in [0.15, 0.2) is 0 Å². The van der Waals surface area contributed by atoms with E-state index in [1.54, 1.807) is 0 Å². The highest BCUT2D eigenvalue weighted by atomic mass is 32.1. The lowest BCUT2D eigenvalue weighted by atomic mass is 10.1. The van der Waals surface area contributed by atoms with Gasteiger partial charge in [0, 0.05) is 11.9 Å². The van der Waals surface area contributed by atoms with Crippen LogP contribution in [0.4, 0.5) is 0 Å². The van der Waals surface area contributed by atoms with Crippen molar-refractivity contribution >= 4 is 11.5 Å². The Hall–Kier alpha value is -1.26. The average molecular weight is 233 g/mol. The van der Waals surface area contributed by atoms with Crippen molar-refractivity contribution in [2.24, 2.45) is 0 Å². The Morgan fingerprint density at radius 3 is 3.06 bits per heavy atom. The Balaban J connectivity index is 1.72. The van der Waals surface area contributed by atoms with Gasteiger partial charge in [0.1, 0.15) is 0 Å². The van der Waals surface area contributed by atoms with E-state index in [9.17, 15) is 0 Å². The molecule has 0 amide bonds. The number of benzene rings is 1. The molecular weight excluding hydrogens is 218 g/mol. The first-order chi connectivity index (χ1) is 7.84. The summed E-state index contributed by atoms with van der Waals surface area (Å²) in [6.45, 7) is 3.90. The van der Waals surface area contributed by atoms with Gasteiger partial charge in [0.2, 0.25) is 0 Å². The molecule has 0 aliphatic rings. The predicted molar refractivity (Wildman–Crippen MR) is 66.5 cm³/mol. The van der Waals surface area contributed by atoms with E-state index in [-0.39, 0.29) is 0 Å². The molecule has 0 saturated heterocycles. The van der Waals surface area contributed by atoms with Crippen LogP contribution in [0, 0.1) is 6.92 Å². The van der Waals surface area contributed by atoms with Crippen LogP contribution in [0.3, 0.4) is 0 Å². The molecule has 3 nitrogen and oxygen atoms in total. The van der Waals surface area contributed by atoms with Crippen molar-refractivity contribution < 1.29 is 0 Å². The minimum atomic E-state index is 0.808. The summed E-state index contributed by atoms with van der Waals surface area (Å²) in [6, 6.07) is 8.62. The van der Waals surface area contributed by atoms with Crippen LogP contribution in [0.5, 0.6) is 0 Å². The topological polar surface area (TPSA) is 37.8 Å². The van der Waals surface area contributed by atoms with Crippen LogP contribution in [0.1, 0.15) is 16.8 Å². The van der Waals surface area contributed by atoms with Gasteiger partial charge < -0.3 is 5.32 Å². The molecule has 1 aromatic carbocycles. The Kier molecular flexibility index (Phi) is 4.02. The van der Waals surface area contributed by atoms with E-state index in [1.807, 2.05) is 5.38 Å². The Labute approximate surface area is 99.7 Å². The Morgan fingerprint density at radius 1 is 1.38 bits per heavy atom. The molecule has 0 unspecified atom stereocenters. The first-order valence-electron chi connectivity index (χ1n) is 5.37. The molecule has 2 aromatic rings. The molecule has 1 aromatic heterocycles. The quantitative estimate of drug-likeness (QED) is 0.804. The van der Waals surface area contributed by atoms with Crippen molar-refractivity contribution in [2.75, 3.05) is 6.54 Å². The first-order valence-corrected chi connectivity index (χ1v) is 6.20. The molecule has 0 atom stereocenters. The normalized spacial score (nSPS) is 10.6. The van der Waals surface area contributed by atoms with Crippen LogP contribution < -0.4 is 5.32 Å². The van der Waals surface area contributed by atoms with Crippen LogP contribution in [0.15, 0.2) is 29.6 Å². The van der Waals surface area contributed by atoms with E-state index in [0.717, 1.165) is 25.2 Å². The van der Waals surface area contributed by atoms with E-state index in [4.69, 9.17) is 0 Å². The zero-order valence-electron chi connectivity index (χ0n) is 9.31. The highest BCUT2D eigenvalue weighted by molar-refractivity contribution is 7.03. The highest BCUT2D eigenvalue weighted by Crippen LogP contribution is 2.04. The predicted octanol–water partition coefficient (Wildman–Crippen LogP) is 2.18. The molecule has 0 aliphatic carbocycles. The molecule has 4 heteroatoms. The molecular formula is C12H15N3S. The summed E-state index contributed by atoms with van der Waals surface area (Å²) in [5, 5.41) is 9.31. The summed E-state index contributed by atoms with van der Waals surface area (Å²) in [7, 11) is 0. The third-order valence-electron chi connectivity index (χ3n) is 2.38. The van der Waals surface area contributed by atoms with Gasteiger partial charge in [0.25, 0.3) is 0 Å². The molecule has 0 spiro atoms. The monoisotopic (exact) mass is 233 g/mol. The summed E-state index contributed by atoms with van der Waals surface area (Å²) in [5.41, 5.74) is 3.72. The lowest BCUT2D eigenvalue weighted by Crippen LogP contribution is -2.16. The summed E-state index contributed by atoms with van der Waals surface area (Å²) >= 11 is 1.39. The molecule has 16 heavy (non-hydrogen) atoms. The second kappa shape index (κ2) is 5.72. The third-order valence-corrected chi connectivity index (χ3v) is 2.94. The second-order valence-electron chi connectivity index (χ2n) is 3.81. The van der Waals surface area contributed by atoms with Crippen LogP contribution >= 0.6 is 11.5 Å². The lowest BCUT2D eigenvalue weighted by Gasteiger charge is -2.03. The Bertz CT molecular complexity index is 426. The van der Waals surface area contributed by atoms with Crippen LogP contribution in [0.2, 0.25) is 0 Å². The van der Waals surface area contributed by atoms with Gasteiger partial charge in [-0.3, -0.25) is 0 Å². The zero-order chi connectivity index (χ0) is 11.2. The van der Waals surface area contributed by atoms with Gasteiger partial charge in [-0.15, -0.1) is 5.10 Å². The van der Waals surface area contributed by atoms with Crippen LogP contribution in [-0.2, 0) is 13.0 Å². The molecule has 1 N–H and O–H groups in total. The zero-order valence-corrected chi connectivity index (χ0v) is 10.1. The van der Waals surface area contributed by atoms with Crippen molar-refractivity contribution in [3.8, 4) is 0 Å². The summed E-state index contributed by atoms with van der Waals surface area (Å²) in [4.78, 5) is 0. The van der Waals surface area contributed by atoms with Crippen molar-refractivity contribution in [1.82, 2.24) is 14.9 Å². The highest BCUT2D eigenvalue weighted by Gasteiger charge is 1.96. The van der Waals surface area contributed by atoms with E-state index >= 15 is 0 Å². The number of nitrogens with zero attached hydrogens (tertiary/aromatic N) is 2.